The Labute approximate surface area is 755 Å². The standard InChI is InChI=1S/C57H35N7.C30H19BrN2.C27H16ClN5/c1-2-16-37(17-3-1)61-51-29-15-9-23-45(51)53-52(61)35-34-44-43-22-8-10-24-46(43)62(54(44)53)38-32-30-36(31-33-38)55-58-56(63-47-25-11-4-18-39(47)40-19-5-12-26-48(40)63)60-57(59-55)64-49-27-13-6-20-41(49)42-21-7-14-28-50(42)64;31-20-14-16-22(17-15-20)33-26-12-6-4-10-23(26)24-18-19-28-29(30(24)33)25-11-5-7-13-27(25)32(28)21-8-2-1-3-9-21;28-25-29-26(32-21-13-5-1-9-17(21)18-10-2-6-14-22(18)32)31-27(30-25)33-23-15-7-3-11-19(23)20-12-4-8-16-24(20)33/h1-35H;1-19H;1-16H. The maximum atomic E-state index is 6.50. The fourth-order valence-electron chi connectivity index (χ4n) is 20.4. The third kappa shape index (κ3) is 11.6. The van der Waals surface area contributed by atoms with Crippen LogP contribution < -0.4 is 0 Å². The van der Waals surface area contributed by atoms with Crippen LogP contribution in [-0.2, 0) is 0 Å². The Morgan fingerprint density at radius 3 is 0.685 bits per heavy atom. The van der Waals surface area contributed by atoms with Gasteiger partial charge in [-0.2, -0.15) is 29.9 Å². The number of hydrogen-bond donors (Lipinski definition) is 0. The summed E-state index contributed by atoms with van der Waals surface area (Å²) in [6.45, 7) is 0. The number of benzene rings is 18. The van der Waals surface area contributed by atoms with Crippen LogP contribution in [0.25, 0.3) is 232 Å². The Balaban J connectivity index is 0.000000113. The molecule has 28 aromatic rings. The van der Waals surface area contributed by atoms with Crippen molar-refractivity contribution < 1.29 is 0 Å². The monoisotopic (exact) mass is 1750 g/mol. The number of nitrogens with zero attached hydrogens (tertiary/aromatic N) is 14. The Morgan fingerprint density at radius 1 is 0.169 bits per heavy atom. The van der Waals surface area contributed by atoms with Gasteiger partial charge in [0.1, 0.15) is 0 Å². The lowest BCUT2D eigenvalue weighted by Crippen LogP contribution is -2.10. The molecule has 0 radical (unpaired) electrons. The first-order valence-corrected chi connectivity index (χ1v) is 44.6. The summed E-state index contributed by atoms with van der Waals surface area (Å²) in [6, 6.07) is 150. The van der Waals surface area contributed by atoms with Crippen LogP contribution in [0.4, 0.5) is 0 Å². The highest BCUT2D eigenvalue weighted by Gasteiger charge is 2.27. The average molecular weight is 1750 g/mol. The van der Waals surface area contributed by atoms with Crippen molar-refractivity contribution in [3.63, 3.8) is 0 Å². The van der Waals surface area contributed by atoms with Gasteiger partial charge in [-0.3, -0.25) is 18.3 Å². The molecule has 10 aromatic heterocycles. The number of hydrogen-bond acceptors (Lipinski definition) is 6. The van der Waals surface area contributed by atoms with Gasteiger partial charge in [0.2, 0.25) is 29.1 Å². The Morgan fingerprint density at radius 2 is 0.392 bits per heavy atom. The maximum absolute atomic E-state index is 6.50. The molecule has 610 valence electrons. The minimum Gasteiger partial charge on any atom is -0.309 e. The Kier molecular flexibility index (Phi) is 17.2. The van der Waals surface area contributed by atoms with Gasteiger partial charge < -0.3 is 18.3 Å². The van der Waals surface area contributed by atoms with E-state index >= 15 is 0 Å². The average Bonchev–Trinajstić information content (AvgIpc) is 1.54. The van der Waals surface area contributed by atoms with Gasteiger partial charge in [-0.1, -0.05) is 283 Å². The maximum Gasteiger partial charge on any atom is 0.240 e. The van der Waals surface area contributed by atoms with Gasteiger partial charge >= 0.3 is 0 Å². The SMILES string of the molecule is Brc1ccc(-n2c3ccccc3c3ccc4c(c5ccccc5n4-c4ccccc4)c32)cc1.Clc1nc(-n2c3ccccc3c3ccccc32)nc(-n2c3ccccc3c3ccccc32)n1.c1ccc(-n2c3ccccc3c3c2ccc2c4ccccc4n(-c4ccc(-c5nc(-n6c7ccccc7c7ccccc76)nc(-n6c7ccccc7c7ccccc76)n5)cc4)c23)cc1. The molecular formula is C114H70BrClN14. The third-order valence-corrected chi connectivity index (χ3v) is 26.5. The van der Waals surface area contributed by atoms with Gasteiger partial charge in [0.05, 0.1) is 88.3 Å². The molecule has 0 fully saturated rings. The van der Waals surface area contributed by atoms with Crippen LogP contribution in [0.3, 0.4) is 0 Å². The third-order valence-electron chi connectivity index (χ3n) is 25.8. The normalized spacial score (nSPS) is 11.9. The van der Waals surface area contributed by atoms with Crippen molar-refractivity contribution in [2.45, 2.75) is 0 Å². The molecule has 0 saturated carbocycles. The molecule has 28 rings (SSSR count). The van der Waals surface area contributed by atoms with Crippen LogP contribution in [0.5, 0.6) is 0 Å². The predicted octanol–water partition coefficient (Wildman–Crippen LogP) is 29.3. The van der Waals surface area contributed by atoms with Crippen molar-refractivity contribution in [1.29, 1.82) is 0 Å². The first-order valence-electron chi connectivity index (χ1n) is 43.4. The lowest BCUT2D eigenvalue weighted by molar-refractivity contribution is 0.887. The summed E-state index contributed by atoms with van der Waals surface area (Å²) in [5.41, 5.74) is 23.2. The molecule has 0 aliphatic heterocycles. The molecule has 0 atom stereocenters. The molecule has 18 aromatic carbocycles. The zero-order valence-electron chi connectivity index (χ0n) is 69.4. The summed E-state index contributed by atoms with van der Waals surface area (Å²) in [5, 5.41) is 19.3. The molecule has 0 aliphatic carbocycles. The van der Waals surface area contributed by atoms with Crippen molar-refractivity contribution in [2.75, 3.05) is 0 Å². The second-order valence-electron chi connectivity index (χ2n) is 32.8. The summed E-state index contributed by atoms with van der Waals surface area (Å²) in [5.74, 6) is 2.69. The molecule has 0 bridgehead atoms. The van der Waals surface area contributed by atoms with Crippen LogP contribution in [-0.4, -0.2) is 66.4 Å². The first-order chi connectivity index (χ1) is 64.4. The van der Waals surface area contributed by atoms with Gasteiger partial charge in [-0.25, -0.2) is 0 Å². The molecule has 14 nitrogen and oxygen atoms in total. The van der Waals surface area contributed by atoms with Crippen molar-refractivity contribution in [3.8, 4) is 57.9 Å². The summed E-state index contributed by atoms with van der Waals surface area (Å²) in [6.07, 6.45) is 0. The Bertz CT molecular complexity index is 9010. The molecule has 0 spiro atoms. The van der Waals surface area contributed by atoms with Crippen molar-refractivity contribution in [3.05, 3.63) is 434 Å². The predicted molar refractivity (Wildman–Crippen MR) is 539 cm³/mol. The molecule has 0 amide bonds. The zero-order chi connectivity index (χ0) is 85.8. The van der Waals surface area contributed by atoms with Gasteiger partial charge in [0, 0.05) is 119 Å². The van der Waals surface area contributed by atoms with Crippen LogP contribution in [0.1, 0.15) is 0 Å². The number of para-hydroxylation sites is 14. The molecule has 10 heterocycles. The highest BCUT2D eigenvalue weighted by atomic mass is 79.9. The lowest BCUT2D eigenvalue weighted by Gasteiger charge is -2.13. The topological polar surface area (TPSA) is 117 Å². The van der Waals surface area contributed by atoms with Crippen molar-refractivity contribution in [1.82, 2.24) is 66.4 Å². The summed E-state index contributed by atoms with van der Waals surface area (Å²) >= 11 is 10.1. The van der Waals surface area contributed by atoms with E-state index in [0.29, 0.717) is 29.6 Å². The highest BCUT2D eigenvalue weighted by Crippen LogP contribution is 2.46. The van der Waals surface area contributed by atoms with E-state index < -0.39 is 0 Å². The minimum absolute atomic E-state index is 0.152. The van der Waals surface area contributed by atoms with Gasteiger partial charge in [-0.15, -0.1) is 0 Å². The van der Waals surface area contributed by atoms with E-state index in [1.165, 1.54) is 87.4 Å². The van der Waals surface area contributed by atoms with E-state index in [4.69, 9.17) is 31.5 Å². The largest absolute Gasteiger partial charge is 0.309 e. The van der Waals surface area contributed by atoms with E-state index in [1.807, 2.05) is 48.5 Å². The van der Waals surface area contributed by atoms with E-state index in [9.17, 15) is 0 Å². The van der Waals surface area contributed by atoms with Crippen LogP contribution in [0, 0.1) is 0 Å². The zero-order valence-corrected chi connectivity index (χ0v) is 71.8. The van der Waals surface area contributed by atoms with Crippen LogP contribution in [0.2, 0.25) is 5.28 Å². The van der Waals surface area contributed by atoms with E-state index in [0.717, 1.165) is 120 Å². The second-order valence-corrected chi connectivity index (χ2v) is 34.0. The number of fused-ring (bicyclic) bond motifs is 26. The van der Waals surface area contributed by atoms with Gasteiger partial charge in [0.25, 0.3) is 0 Å². The van der Waals surface area contributed by atoms with Gasteiger partial charge in [-0.05, 0) is 169 Å². The molecule has 0 saturated heterocycles. The summed E-state index contributed by atoms with van der Waals surface area (Å²) < 4.78 is 19.2. The molecule has 0 N–H and O–H groups in total. The molecule has 130 heavy (non-hydrogen) atoms. The summed E-state index contributed by atoms with van der Waals surface area (Å²) in [4.78, 5) is 30.0. The number of aromatic nitrogens is 14. The van der Waals surface area contributed by atoms with Crippen LogP contribution >= 0.6 is 27.5 Å². The molecule has 16 heteroatoms. The molecule has 0 unspecified atom stereocenters. The second kappa shape index (κ2) is 29.9. The van der Waals surface area contributed by atoms with Gasteiger partial charge in [0.15, 0.2) is 5.82 Å². The smallest absolute Gasteiger partial charge is 0.240 e. The van der Waals surface area contributed by atoms with E-state index in [2.05, 4.69) is 439 Å². The highest BCUT2D eigenvalue weighted by molar-refractivity contribution is 9.10. The quantitative estimate of drug-likeness (QED) is 0.142. The Hall–Kier alpha value is -16.9. The molecular weight excluding hydrogens is 1680 g/mol. The summed E-state index contributed by atoms with van der Waals surface area (Å²) in [7, 11) is 0. The van der Waals surface area contributed by atoms with Crippen molar-refractivity contribution in [2.24, 2.45) is 0 Å². The lowest BCUT2D eigenvalue weighted by atomic mass is 10.1. The van der Waals surface area contributed by atoms with E-state index in [1.54, 1.807) is 0 Å². The number of halogens is 2. The van der Waals surface area contributed by atoms with Crippen LogP contribution in [0.15, 0.2) is 429 Å². The fraction of sp³-hybridized carbons (Fsp3) is 0. The number of rotatable bonds is 9. The minimum atomic E-state index is 0.152. The van der Waals surface area contributed by atoms with E-state index in [-0.39, 0.29) is 5.28 Å². The van der Waals surface area contributed by atoms with Crippen molar-refractivity contribution >= 4 is 202 Å². The first kappa shape index (κ1) is 74.6. The molecule has 0 aliphatic rings. The fourth-order valence-corrected chi connectivity index (χ4v) is 20.8.